The molecule has 2 aromatic rings. The minimum absolute atomic E-state index is 0.0997. The van der Waals surface area contributed by atoms with Gasteiger partial charge in [0.05, 0.1) is 0 Å². The topological polar surface area (TPSA) is 98.8 Å². The van der Waals surface area contributed by atoms with Crippen LogP contribution in [-0.2, 0) is 40.3 Å². The maximum absolute atomic E-state index is 11.6. The minimum atomic E-state index is -3.37. The molecule has 0 unspecified atom stereocenters. The molecular weight excluding hydrogens is 697 g/mol. The first-order valence-electron chi connectivity index (χ1n) is 15.7. The number of carbonyl (C=O) groups is 2. The lowest BCUT2D eigenvalue weighted by atomic mass is 10.4. The average Bonchev–Trinajstić information content (AvgIpc) is 2.95. The van der Waals surface area contributed by atoms with Gasteiger partial charge in [-0.05, 0) is 87.2 Å². The van der Waals surface area contributed by atoms with Crippen LogP contribution < -0.4 is 10.4 Å². The van der Waals surface area contributed by atoms with Gasteiger partial charge in [-0.15, -0.1) is 0 Å². The van der Waals surface area contributed by atoms with E-state index < -0.39 is 62.3 Å². The van der Waals surface area contributed by atoms with E-state index in [0.717, 1.165) is 33.9 Å². The van der Waals surface area contributed by atoms with E-state index in [1.807, 2.05) is 36.4 Å². The molecule has 0 aliphatic heterocycles. The van der Waals surface area contributed by atoms with Crippen molar-refractivity contribution in [2.24, 2.45) is 0 Å². The number of ether oxygens (including phenoxy) is 2. The van der Waals surface area contributed by atoms with E-state index in [1.54, 1.807) is 0 Å². The molecule has 0 aliphatic carbocycles. The highest BCUT2D eigenvalue weighted by molar-refractivity contribution is 7.04. The third-order valence-electron chi connectivity index (χ3n) is 6.98. The molecule has 0 atom stereocenters. The summed E-state index contributed by atoms with van der Waals surface area (Å²) in [5.74, 6) is -1.02. The molecule has 0 saturated carbocycles. The molecule has 0 aliphatic rings. The first-order valence-corrected chi connectivity index (χ1v) is 32.8. The Labute approximate surface area is 288 Å². The summed E-state index contributed by atoms with van der Waals surface area (Å²) in [5.41, 5.74) is 1.53. The van der Waals surface area contributed by atoms with Gasteiger partial charge in [0.25, 0.3) is 0 Å². The predicted octanol–water partition coefficient (Wildman–Crippen LogP) is 6.30. The van der Waals surface area contributed by atoms with Crippen LogP contribution >= 0.6 is 0 Å². The summed E-state index contributed by atoms with van der Waals surface area (Å²) >= 11 is 0. The van der Waals surface area contributed by atoms with Gasteiger partial charge in [0.15, 0.2) is 46.9 Å². The summed E-state index contributed by atoms with van der Waals surface area (Å²) in [6.07, 6.45) is 2.26. The van der Waals surface area contributed by atoms with Crippen LogP contribution in [0.1, 0.15) is 0 Å². The van der Waals surface area contributed by atoms with Crippen molar-refractivity contribution < 1.29 is 40.3 Å². The lowest BCUT2D eigenvalue weighted by Crippen LogP contribution is -2.72. The number of benzene rings is 2. The lowest BCUT2D eigenvalue weighted by Gasteiger charge is -2.45. The van der Waals surface area contributed by atoms with Crippen molar-refractivity contribution in [1.29, 1.82) is 0 Å². The van der Waals surface area contributed by atoms with Gasteiger partial charge in [-0.1, -0.05) is 73.8 Å². The molecule has 0 radical (unpaired) electrons. The number of rotatable bonds is 20. The summed E-state index contributed by atoms with van der Waals surface area (Å²) in [6.45, 7) is 28.1. The van der Waals surface area contributed by atoms with E-state index in [2.05, 4.69) is 103 Å². The summed E-state index contributed by atoms with van der Waals surface area (Å²) in [7, 11) is -15.7. The molecule has 0 amide bonds. The molecular formula is C32H54O9Si6. The molecule has 0 bridgehead atoms. The van der Waals surface area contributed by atoms with Crippen LogP contribution in [0.2, 0.25) is 76.8 Å². The van der Waals surface area contributed by atoms with Crippen LogP contribution in [-0.4, -0.2) is 75.9 Å². The van der Waals surface area contributed by atoms with E-state index in [1.165, 1.54) is 0 Å². The van der Waals surface area contributed by atoms with Gasteiger partial charge in [0.1, 0.15) is 0 Å². The van der Waals surface area contributed by atoms with Gasteiger partial charge in [0.2, 0.25) is 0 Å². The van der Waals surface area contributed by atoms with Crippen molar-refractivity contribution in [1.82, 2.24) is 0 Å². The third kappa shape index (κ3) is 14.2. The number of hydrogen-bond donors (Lipinski definition) is 0. The Morgan fingerprint density at radius 3 is 1.28 bits per heavy atom. The predicted molar refractivity (Wildman–Crippen MR) is 203 cm³/mol. The van der Waals surface area contributed by atoms with Gasteiger partial charge < -0.3 is 30.7 Å². The zero-order valence-electron chi connectivity index (χ0n) is 29.8. The Balaban J connectivity index is 2.46. The molecule has 0 N–H and O–H groups in total. The highest BCUT2D eigenvalue weighted by Crippen LogP contribution is 2.31. The second kappa shape index (κ2) is 17.1. The van der Waals surface area contributed by atoms with Crippen LogP contribution in [0.25, 0.3) is 0 Å². The summed E-state index contributed by atoms with van der Waals surface area (Å²) < 4.78 is 44.5. The Morgan fingerprint density at radius 1 is 0.553 bits per heavy atom. The summed E-state index contributed by atoms with van der Waals surface area (Å²) in [5, 5.41) is 2.02. The van der Waals surface area contributed by atoms with E-state index in [9.17, 15) is 9.59 Å². The van der Waals surface area contributed by atoms with Crippen LogP contribution in [0, 0.1) is 0 Å². The lowest BCUT2D eigenvalue weighted by molar-refractivity contribution is -0.145. The van der Waals surface area contributed by atoms with Crippen LogP contribution in [0.5, 0.6) is 0 Å². The van der Waals surface area contributed by atoms with Crippen molar-refractivity contribution in [3.8, 4) is 0 Å². The molecule has 9 nitrogen and oxygen atoms in total. The van der Waals surface area contributed by atoms with Crippen molar-refractivity contribution in [2.75, 3.05) is 13.6 Å². The summed E-state index contributed by atoms with van der Waals surface area (Å²) in [6, 6.07) is 20.5. The third-order valence-corrected chi connectivity index (χ3v) is 35.2. The van der Waals surface area contributed by atoms with Crippen molar-refractivity contribution in [2.45, 2.75) is 76.8 Å². The number of esters is 2. The smallest absolute Gasteiger partial charge is 0.388 e. The van der Waals surface area contributed by atoms with Gasteiger partial charge >= 0.3 is 29.1 Å². The van der Waals surface area contributed by atoms with Gasteiger partial charge in [-0.25, -0.2) is 9.59 Å². The monoisotopic (exact) mass is 750 g/mol. The van der Waals surface area contributed by atoms with Crippen LogP contribution in [0.3, 0.4) is 0 Å². The zero-order chi connectivity index (χ0) is 35.6. The van der Waals surface area contributed by atoms with E-state index in [-0.39, 0.29) is 13.6 Å². The minimum Gasteiger partial charge on any atom is -0.437 e. The van der Waals surface area contributed by atoms with Gasteiger partial charge in [-0.3, -0.25) is 0 Å². The summed E-state index contributed by atoms with van der Waals surface area (Å²) in [4.78, 5) is 23.1. The van der Waals surface area contributed by atoms with Gasteiger partial charge in [-0.2, -0.15) is 0 Å². The fourth-order valence-electron chi connectivity index (χ4n) is 6.00. The van der Waals surface area contributed by atoms with Crippen LogP contribution in [0.4, 0.5) is 0 Å². The van der Waals surface area contributed by atoms with Crippen molar-refractivity contribution in [3.05, 3.63) is 86.0 Å². The van der Waals surface area contributed by atoms with E-state index >= 15 is 0 Å². The Morgan fingerprint density at radius 2 is 0.915 bits per heavy atom. The molecule has 2 rings (SSSR count). The SMILES string of the molecule is C=CC(=O)OCO[Si](C)(C)C[Si](C)(C)O[Si](C)(C)O[Si](O[Si](C)(C)C[Si](C)(C)OCOC(=O)C=C)(c1ccccc1)c1ccccc1. The van der Waals surface area contributed by atoms with Crippen molar-refractivity contribution >= 4 is 72.7 Å². The van der Waals surface area contributed by atoms with Gasteiger partial charge in [0, 0.05) is 12.2 Å². The molecule has 47 heavy (non-hydrogen) atoms. The molecule has 2 aromatic carbocycles. The Hall–Kier alpha value is -2.04. The fraction of sp³-hybridized carbons (Fsp3) is 0.438. The standard InChI is InChI=1S/C32H54O9Si6/c1-13-31(33)35-25-37-42(3,4)27-44(7,8)39-46(11,12)41-47(29-21-17-15-18-22-29,30-23-19-16-20-24-30)40-45(9,10)28-43(5,6)38-26-36-32(34)14-2/h13-24H,1-2,25-28H2,3-12H3. The van der Waals surface area contributed by atoms with Crippen molar-refractivity contribution in [3.63, 3.8) is 0 Å². The fourth-order valence-corrected chi connectivity index (χ4v) is 41.6. The molecule has 260 valence electrons. The zero-order valence-corrected chi connectivity index (χ0v) is 35.8. The second-order valence-electron chi connectivity index (χ2n) is 14.3. The molecule has 0 saturated heterocycles. The molecule has 0 aromatic heterocycles. The Kier molecular flexibility index (Phi) is 14.9. The van der Waals surface area contributed by atoms with E-state index in [0.29, 0.717) is 0 Å². The maximum Gasteiger partial charge on any atom is 0.388 e. The molecule has 0 fully saturated rings. The quantitative estimate of drug-likeness (QED) is 0.0669. The molecule has 15 heteroatoms. The Bertz CT molecular complexity index is 1300. The number of carbonyl (C=O) groups excluding carboxylic acids is 2. The van der Waals surface area contributed by atoms with Crippen LogP contribution in [0.15, 0.2) is 86.0 Å². The first kappa shape index (κ1) is 41.1. The largest absolute Gasteiger partial charge is 0.437 e. The highest BCUT2D eigenvalue weighted by atomic mass is 28.5. The highest BCUT2D eigenvalue weighted by Gasteiger charge is 2.53. The van der Waals surface area contributed by atoms with E-state index in [4.69, 9.17) is 30.7 Å². The molecule has 0 heterocycles. The first-order chi connectivity index (χ1) is 21.7. The average molecular weight is 751 g/mol. The second-order valence-corrected chi connectivity index (χ2v) is 39.4. The normalized spacial score (nSPS) is 13.1. The molecule has 0 spiro atoms. The maximum atomic E-state index is 11.6. The number of hydrogen-bond acceptors (Lipinski definition) is 9.